The van der Waals surface area contributed by atoms with Gasteiger partial charge in [0.05, 0.1) is 0 Å². The zero-order valence-corrected chi connectivity index (χ0v) is 9.57. The molecule has 0 aromatic heterocycles. The molecular weight excluding hydrogens is 184 g/mol. The highest BCUT2D eigenvalue weighted by Gasteiger charge is 2.50. The van der Waals surface area contributed by atoms with Crippen LogP contribution in [0.1, 0.15) is 58.8 Å². The van der Waals surface area contributed by atoms with E-state index in [1.54, 1.807) is 0 Å². The fraction of sp³-hybridized carbons (Fsp3) is 1.00. The van der Waals surface area contributed by atoms with Crippen LogP contribution in [0.4, 0.5) is 0 Å². The summed E-state index contributed by atoms with van der Waals surface area (Å²) in [5.41, 5.74) is 0. The molecule has 0 bridgehead atoms. The van der Waals surface area contributed by atoms with Gasteiger partial charge in [0.2, 0.25) is 0 Å². The van der Waals surface area contributed by atoms with E-state index in [0.717, 1.165) is 6.42 Å². The van der Waals surface area contributed by atoms with Gasteiger partial charge in [-0.25, -0.2) is 0 Å². The van der Waals surface area contributed by atoms with Gasteiger partial charge in [-0.1, -0.05) is 50.6 Å². The molecule has 0 N–H and O–H groups in total. The zero-order valence-electron chi connectivity index (χ0n) is 8.81. The fourth-order valence-corrected chi connectivity index (χ4v) is 1.94. The number of rotatable bonds is 7. The Morgan fingerprint density at radius 3 is 2.23 bits per heavy atom. The van der Waals surface area contributed by atoms with E-state index >= 15 is 0 Å². The number of unbranched alkanes of at least 4 members (excludes halogenated alkanes) is 5. The molecular formula is C11H21ClO. The molecule has 0 amide bonds. The van der Waals surface area contributed by atoms with Gasteiger partial charge in [-0.05, 0) is 19.8 Å². The standard InChI is InChI=1S/C11H21ClO/c1-3-4-5-6-7-8-9-11(12)10(2)13-11/h10H,3-9H2,1-2H3. The minimum absolute atomic E-state index is 0.273. The van der Waals surface area contributed by atoms with Crippen molar-refractivity contribution in [3.8, 4) is 0 Å². The van der Waals surface area contributed by atoms with Crippen molar-refractivity contribution >= 4 is 11.6 Å². The molecule has 1 saturated heterocycles. The summed E-state index contributed by atoms with van der Waals surface area (Å²) in [7, 11) is 0. The Kier molecular flexibility index (Phi) is 4.54. The lowest BCUT2D eigenvalue weighted by Crippen LogP contribution is -2.03. The Morgan fingerprint density at radius 1 is 1.15 bits per heavy atom. The molecule has 2 unspecified atom stereocenters. The first-order chi connectivity index (χ1) is 6.19. The van der Waals surface area contributed by atoms with Gasteiger partial charge < -0.3 is 4.74 Å². The van der Waals surface area contributed by atoms with Gasteiger partial charge in [0, 0.05) is 0 Å². The van der Waals surface area contributed by atoms with Crippen LogP contribution >= 0.6 is 11.6 Å². The van der Waals surface area contributed by atoms with Crippen molar-refractivity contribution < 1.29 is 4.74 Å². The number of alkyl halides is 1. The highest BCUT2D eigenvalue weighted by molar-refractivity contribution is 6.24. The Balaban J connectivity index is 1.85. The summed E-state index contributed by atoms with van der Waals surface area (Å²) in [4.78, 5) is 0. The Hall–Kier alpha value is 0.250. The number of ether oxygens (including phenoxy) is 1. The maximum Gasteiger partial charge on any atom is 0.168 e. The molecule has 13 heavy (non-hydrogen) atoms. The average molecular weight is 205 g/mol. The van der Waals surface area contributed by atoms with E-state index in [1.165, 1.54) is 38.5 Å². The third kappa shape index (κ3) is 3.86. The molecule has 0 aromatic carbocycles. The van der Waals surface area contributed by atoms with Gasteiger partial charge in [-0.15, -0.1) is 0 Å². The SMILES string of the molecule is CCCCCCCCC1(Cl)OC1C. The number of hydrogen-bond acceptors (Lipinski definition) is 1. The third-order valence-corrected chi connectivity index (χ3v) is 3.38. The van der Waals surface area contributed by atoms with Crippen molar-refractivity contribution in [3.63, 3.8) is 0 Å². The second-order valence-electron chi connectivity index (χ2n) is 4.06. The van der Waals surface area contributed by atoms with Crippen molar-refractivity contribution in [1.29, 1.82) is 0 Å². The van der Waals surface area contributed by atoms with E-state index in [1.807, 2.05) is 6.92 Å². The Labute approximate surface area is 86.8 Å². The van der Waals surface area contributed by atoms with Crippen LogP contribution in [-0.4, -0.2) is 11.2 Å². The Morgan fingerprint density at radius 2 is 1.69 bits per heavy atom. The second kappa shape index (κ2) is 5.21. The molecule has 0 aliphatic carbocycles. The maximum absolute atomic E-state index is 6.11. The molecule has 1 rings (SSSR count). The van der Waals surface area contributed by atoms with E-state index in [2.05, 4.69) is 6.92 Å². The normalized spacial score (nSPS) is 32.1. The van der Waals surface area contributed by atoms with E-state index in [0.29, 0.717) is 0 Å². The molecule has 0 saturated carbocycles. The van der Waals surface area contributed by atoms with E-state index in [4.69, 9.17) is 16.3 Å². The van der Waals surface area contributed by atoms with Crippen LogP contribution in [0.2, 0.25) is 0 Å². The quantitative estimate of drug-likeness (QED) is 0.346. The molecule has 1 aliphatic heterocycles. The fourth-order valence-electron chi connectivity index (χ4n) is 1.67. The summed E-state index contributed by atoms with van der Waals surface area (Å²) in [5.74, 6) is 0. The van der Waals surface area contributed by atoms with Gasteiger partial charge in [0.25, 0.3) is 0 Å². The second-order valence-corrected chi connectivity index (χ2v) is 4.70. The molecule has 0 radical (unpaired) electrons. The minimum Gasteiger partial charge on any atom is -0.350 e. The maximum atomic E-state index is 6.11. The monoisotopic (exact) mass is 204 g/mol. The largest absolute Gasteiger partial charge is 0.350 e. The highest BCUT2D eigenvalue weighted by Crippen LogP contribution is 2.44. The first-order valence-corrected chi connectivity index (χ1v) is 5.93. The summed E-state index contributed by atoms with van der Waals surface area (Å²) >= 11 is 6.11. The van der Waals surface area contributed by atoms with Crippen molar-refractivity contribution in [2.75, 3.05) is 0 Å². The lowest BCUT2D eigenvalue weighted by atomic mass is 10.1. The molecule has 1 heterocycles. The third-order valence-electron chi connectivity index (χ3n) is 2.79. The smallest absolute Gasteiger partial charge is 0.168 e. The highest BCUT2D eigenvalue weighted by atomic mass is 35.5. The first kappa shape index (κ1) is 11.3. The predicted octanol–water partition coefficient (Wildman–Crippen LogP) is 4.09. The lowest BCUT2D eigenvalue weighted by molar-refractivity contribution is 0.340. The van der Waals surface area contributed by atoms with Gasteiger partial charge in [-0.2, -0.15) is 0 Å². The van der Waals surface area contributed by atoms with E-state index in [9.17, 15) is 0 Å². The summed E-state index contributed by atoms with van der Waals surface area (Å²) in [6.07, 6.45) is 9.27. The topological polar surface area (TPSA) is 12.5 Å². The van der Waals surface area contributed by atoms with Gasteiger partial charge >= 0.3 is 0 Å². The molecule has 1 fully saturated rings. The van der Waals surface area contributed by atoms with E-state index < -0.39 is 0 Å². The number of halogens is 1. The van der Waals surface area contributed by atoms with Crippen LogP contribution in [0.5, 0.6) is 0 Å². The molecule has 2 heteroatoms. The molecule has 0 aromatic rings. The van der Waals surface area contributed by atoms with Gasteiger partial charge in [0.15, 0.2) is 5.06 Å². The zero-order chi connectivity index (χ0) is 9.73. The van der Waals surface area contributed by atoms with Crippen molar-refractivity contribution in [2.45, 2.75) is 70.0 Å². The summed E-state index contributed by atoms with van der Waals surface area (Å²) < 4.78 is 5.30. The molecule has 78 valence electrons. The lowest BCUT2D eigenvalue weighted by Gasteiger charge is -2.03. The minimum atomic E-state index is -0.273. The molecule has 1 nitrogen and oxygen atoms in total. The first-order valence-electron chi connectivity index (χ1n) is 5.56. The van der Waals surface area contributed by atoms with Crippen molar-refractivity contribution in [3.05, 3.63) is 0 Å². The Bertz CT molecular complexity index is 149. The summed E-state index contributed by atoms with van der Waals surface area (Å²) in [6.45, 7) is 4.29. The molecule has 2 atom stereocenters. The van der Waals surface area contributed by atoms with Crippen LogP contribution < -0.4 is 0 Å². The van der Waals surface area contributed by atoms with E-state index in [-0.39, 0.29) is 11.2 Å². The number of hydrogen-bond donors (Lipinski definition) is 0. The molecule has 0 spiro atoms. The van der Waals surface area contributed by atoms with Crippen LogP contribution in [-0.2, 0) is 4.74 Å². The van der Waals surface area contributed by atoms with Gasteiger partial charge in [-0.3, -0.25) is 0 Å². The van der Waals surface area contributed by atoms with Crippen molar-refractivity contribution in [2.24, 2.45) is 0 Å². The van der Waals surface area contributed by atoms with Crippen molar-refractivity contribution in [1.82, 2.24) is 0 Å². The van der Waals surface area contributed by atoms with Gasteiger partial charge in [0.1, 0.15) is 6.10 Å². The van der Waals surface area contributed by atoms with Crippen LogP contribution in [0, 0.1) is 0 Å². The predicted molar refractivity (Wildman–Crippen MR) is 57.1 cm³/mol. The summed E-state index contributed by atoms with van der Waals surface area (Å²) in [5, 5.41) is -0.273. The molecule has 1 aliphatic rings. The van der Waals surface area contributed by atoms with Crippen LogP contribution in [0.25, 0.3) is 0 Å². The van der Waals surface area contributed by atoms with Crippen LogP contribution in [0.3, 0.4) is 0 Å². The van der Waals surface area contributed by atoms with Crippen LogP contribution in [0.15, 0.2) is 0 Å². The average Bonchev–Trinajstić information content (AvgIpc) is 2.68. The summed E-state index contributed by atoms with van der Waals surface area (Å²) in [6, 6.07) is 0. The number of epoxide rings is 1.